The van der Waals surface area contributed by atoms with Crippen LogP contribution in [0, 0.1) is 0 Å². The molecule has 18 heavy (non-hydrogen) atoms. The van der Waals surface area contributed by atoms with Crippen molar-refractivity contribution in [3.8, 4) is 0 Å². The predicted molar refractivity (Wildman–Crippen MR) is 74.5 cm³/mol. The number of halogens is 1. The molecule has 1 N–H and O–H groups in total. The van der Waals surface area contributed by atoms with Crippen LogP contribution in [0.25, 0.3) is 0 Å². The quantitative estimate of drug-likeness (QED) is 0.942. The zero-order chi connectivity index (χ0) is 13.1. The summed E-state index contributed by atoms with van der Waals surface area (Å²) in [5.74, 6) is -0.126. The van der Waals surface area contributed by atoms with Crippen molar-refractivity contribution in [2.24, 2.45) is 0 Å². The summed E-state index contributed by atoms with van der Waals surface area (Å²) in [6.45, 7) is 3.89. The molecule has 0 bridgehead atoms. The lowest BCUT2D eigenvalue weighted by atomic mass is 10.2. The largest absolute Gasteiger partial charge is 0.344 e. The highest BCUT2D eigenvalue weighted by Gasteiger charge is 2.18. The average Bonchev–Trinajstić information content (AvgIpc) is 2.96. The number of hydrogen-bond acceptors (Lipinski definition) is 5. The first-order chi connectivity index (χ1) is 8.61. The predicted octanol–water partition coefficient (Wildman–Crippen LogP) is 3.31. The summed E-state index contributed by atoms with van der Waals surface area (Å²) in [6.07, 6.45) is 0.707. The fourth-order valence-corrected chi connectivity index (χ4v) is 3.22. The zero-order valence-corrected chi connectivity index (χ0v) is 12.3. The van der Waals surface area contributed by atoms with E-state index in [2.05, 4.69) is 14.9 Å². The minimum Gasteiger partial charge on any atom is -0.344 e. The van der Waals surface area contributed by atoms with Crippen LogP contribution in [0.5, 0.6) is 0 Å². The Labute approximate surface area is 118 Å². The molecule has 0 unspecified atom stereocenters. The second-order valence-corrected chi connectivity index (χ2v) is 6.24. The maximum Gasteiger partial charge on any atom is 0.265 e. The van der Waals surface area contributed by atoms with Gasteiger partial charge in [-0.25, -0.2) is 0 Å². The Morgan fingerprint density at radius 2 is 2.33 bits per heavy atom. The summed E-state index contributed by atoms with van der Waals surface area (Å²) >= 11 is 8.47. The van der Waals surface area contributed by atoms with E-state index in [4.69, 9.17) is 11.6 Å². The molecule has 0 saturated heterocycles. The van der Waals surface area contributed by atoms with Gasteiger partial charge in [0.15, 0.2) is 0 Å². The van der Waals surface area contributed by atoms with Gasteiger partial charge in [0.05, 0.1) is 16.1 Å². The van der Waals surface area contributed by atoms with E-state index in [1.54, 1.807) is 0 Å². The minimum absolute atomic E-state index is 0.0678. The van der Waals surface area contributed by atoms with Crippen molar-refractivity contribution >= 4 is 40.4 Å². The van der Waals surface area contributed by atoms with Crippen molar-refractivity contribution in [1.29, 1.82) is 0 Å². The summed E-state index contributed by atoms with van der Waals surface area (Å²) < 4.78 is 4.53. The Hall–Kier alpha value is -0.980. The van der Waals surface area contributed by atoms with Crippen molar-refractivity contribution in [1.82, 2.24) is 14.9 Å². The van der Waals surface area contributed by atoms with E-state index in [1.165, 1.54) is 11.3 Å². The van der Waals surface area contributed by atoms with E-state index < -0.39 is 0 Å². The number of aryl methyl sites for hydroxylation is 1. The molecule has 0 spiro atoms. The molecule has 2 rings (SSSR count). The van der Waals surface area contributed by atoms with Crippen LogP contribution >= 0.6 is 34.5 Å². The van der Waals surface area contributed by atoms with Crippen molar-refractivity contribution < 1.29 is 4.79 Å². The van der Waals surface area contributed by atoms with Gasteiger partial charge in [-0.2, -0.15) is 0 Å². The van der Waals surface area contributed by atoms with Crippen LogP contribution in [0.3, 0.4) is 0 Å². The SMILES string of the molecule is CCc1nnsc1C(=O)N[C@@H](C)c1ccc(Cl)s1. The van der Waals surface area contributed by atoms with Gasteiger partial charge in [-0.3, -0.25) is 4.79 Å². The number of hydrogen-bond donors (Lipinski definition) is 1. The minimum atomic E-state index is -0.126. The molecule has 96 valence electrons. The summed E-state index contributed by atoms with van der Waals surface area (Å²) in [4.78, 5) is 13.7. The molecule has 1 amide bonds. The molecule has 2 aromatic heterocycles. The second kappa shape index (κ2) is 5.77. The third-order valence-corrected chi connectivity index (χ3v) is 4.65. The highest BCUT2D eigenvalue weighted by Crippen LogP contribution is 2.27. The molecule has 0 fully saturated rings. The molecule has 0 saturated carbocycles. The molecule has 4 nitrogen and oxygen atoms in total. The van der Waals surface area contributed by atoms with Crippen LogP contribution in [-0.2, 0) is 6.42 Å². The number of amides is 1. The Balaban J connectivity index is 2.08. The molecule has 1 atom stereocenters. The Morgan fingerprint density at radius 3 is 2.94 bits per heavy atom. The number of nitrogens with one attached hydrogen (secondary N) is 1. The lowest BCUT2D eigenvalue weighted by Crippen LogP contribution is -2.26. The van der Waals surface area contributed by atoms with Crippen LogP contribution in [0.15, 0.2) is 12.1 Å². The molecular formula is C11H12ClN3OS2. The Bertz CT molecular complexity index is 552. The summed E-state index contributed by atoms with van der Waals surface area (Å²) in [6, 6.07) is 3.68. The van der Waals surface area contributed by atoms with Gasteiger partial charge >= 0.3 is 0 Å². The fourth-order valence-electron chi connectivity index (χ4n) is 1.51. The molecule has 0 radical (unpaired) electrons. The molecule has 2 heterocycles. The van der Waals surface area contributed by atoms with Crippen molar-refractivity contribution in [3.05, 3.63) is 31.9 Å². The van der Waals surface area contributed by atoms with E-state index in [1.807, 2.05) is 26.0 Å². The zero-order valence-electron chi connectivity index (χ0n) is 9.94. The number of aromatic nitrogens is 2. The standard InChI is InChI=1S/C11H12ClN3OS2/c1-3-7-10(18-15-14-7)11(16)13-6(2)8-4-5-9(12)17-8/h4-6H,3H2,1-2H3,(H,13,16)/t6-/m0/s1. The first-order valence-electron chi connectivity index (χ1n) is 5.49. The fraction of sp³-hybridized carbons (Fsp3) is 0.364. The molecule has 0 aliphatic heterocycles. The van der Waals surface area contributed by atoms with E-state index in [0.29, 0.717) is 11.3 Å². The van der Waals surface area contributed by atoms with Gasteiger partial charge in [0.1, 0.15) is 4.88 Å². The Kier molecular flexibility index (Phi) is 4.31. The second-order valence-electron chi connectivity index (χ2n) is 3.74. The van der Waals surface area contributed by atoms with Crippen LogP contribution < -0.4 is 5.32 Å². The molecule has 0 aliphatic rings. The van der Waals surface area contributed by atoms with Gasteiger partial charge in [-0.15, -0.1) is 16.4 Å². The maximum atomic E-state index is 12.1. The van der Waals surface area contributed by atoms with Gasteiger partial charge in [0.2, 0.25) is 0 Å². The number of carbonyl (C=O) groups excluding carboxylic acids is 1. The maximum absolute atomic E-state index is 12.1. The topological polar surface area (TPSA) is 54.9 Å². The summed E-state index contributed by atoms with van der Waals surface area (Å²) in [7, 11) is 0. The molecule has 7 heteroatoms. The summed E-state index contributed by atoms with van der Waals surface area (Å²) in [5.41, 5.74) is 0.744. The number of carbonyl (C=O) groups is 1. The normalized spacial score (nSPS) is 12.4. The van der Waals surface area contributed by atoms with Crippen LogP contribution in [0.2, 0.25) is 4.34 Å². The lowest BCUT2D eigenvalue weighted by Gasteiger charge is -2.11. The first kappa shape index (κ1) is 13.5. The lowest BCUT2D eigenvalue weighted by molar-refractivity contribution is 0.0943. The molecule has 2 aromatic rings. The first-order valence-corrected chi connectivity index (χ1v) is 7.46. The molecule has 0 aromatic carbocycles. The van der Waals surface area contributed by atoms with Crippen LogP contribution in [0.4, 0.5) is 0 Å². The highest BCUT2D eigenvalue weighted by atomic mass is 35.5. The van der Waals surface area contributed by atoms with E-state index >= 15 is 0 Å². The third-order valence-electron chi connectivity index (χ3n) is 2.47. The van der Waals surface area contributed by atoms with Gasteiger partial charge < -0.3 is 5.32 Å². The highest BCUT2D eigenvalue weighted by molar-refractivity contribution is 7.16. The van der Waals surface area contributed by atoms with Gasteiger partial charge in [-0.05, 0) is 37.0 Å². The monoisotopic (exact) mass is 301 g/mol. The third kappa shape index (κ3) is 2.88. The molecular weight excluding hydrogens is 290 g/mol. The number of rotatable bonds is 4. The average molecular weight is 302 g/mol. The van der Waals surface area contributed by atoms with Gasteiger partial charge in [0, 0.05) is 4.88 Å². The van der Waals surface area contributed by atoms with E-state index in [0.717, 1.165) is 26.4 Å². The van der Waals surface area contributed by atoms with Crippen molar-refractivity contribution in [2.75, 3.05) is 0 Å². The van der Waals surface area contributed by atoms with Gasteiger partial charge in [-0.1, -0.05) is 23.0 Å². The van der Waals surface area contributed by atoms with Crippen molar-refractivity contribution in [2.45, 2.75) is 26.3 Å². The van der Waals surface area contributed by atoms with E-state index in [9.17, 15) is 4.79 Å². The van der Waals surface area contributed by atoms with Crippen molar-refractivity contribution in [3.63, 3.8) is 0 Å². The summed E-state index contributed by atoms with van der Waals surface area (Å²) in [5, 5.41) is 6.86. The molecule has 0 aliphatic carbocycles. The van der Waals surface area contributed by atoms with E-state index in [-0.39, 0.29) is 11.9 Å². The van der Waals surface area contributed by atoms with Crippen LogP contribution in [-0.4, -0.2) is 15.5 Å². The number of thiophene rings is 1. The van der Waals surface area contributed by atoms with Crippen LogP contribution in [0.1, 0.15) is 40.1 Å². The number of nitrogens with zero attached hydrogens (tertiary/aromatic N) is 2. The van der Waals surface area contributed by atoms with Gasteiger partial charge in [0.25, 0.3) is 5.91 Å². The Morgan fingerprint density at radius 1 is 1.56 bits per heavy atom. The smallest absolute Gasteiger partial charge is 0.265 e.